The van der Waals surface area contributed by atoms with Crippen LogP contribution in [-0.4, -0.2) is 43.5 Å². The Morgan fingerprint density at radius 1 is 1.35 bits per heavy atom. The Kier molecular flexibility index (Phi) is 9.10. The van der Waals surface area contributed by atoms with Crippen molar-refractivity contribution in [3.63, 3.8) is 0 Å². The number of hydrogen-bond donors (Lipinski definition) is 1. The first-order chi connectivity index (χ1) is 11.1. The van der Waals surface area contributed by atoms with E-state index in [0.717, 1.165) is 50.7 Å². The number of carbonyl (C=O) groups is 2. The summed E-state index contributed by atoms with van der Waals surface area (Å²) in [5.74, 6) is 0.868. The third-order valence-corrected chi connectivity index (χ3v) is 4.18. The lowest BCUT2D eigenvalue weighted by molar-refractivity contribution is -0.125. The van der Waals surface area contributed by atoms with E-state index in [-0.39, 0.29) is 17.9 Å². The van der Waals surface area contributed by atoms with Crippen molar-refractivity contribution in [1.29, 1.82) is 0 Å². The van der Waals surface area contributed by atoms with E-state index in [2.05, 4.69) is 11.9 Å². The Hall–Kier alpha value is -1.78. The number of unbranched alkanes of at least 4 members (excludes halogenated alkanes) is 4. The average Bonchev–Trinajstić information content (AvgIpc) is 2.82. The van der Waals surface area contributed by atoms with Gasteiger partial charge in [0.15, 0.2) is 0 Å². The van der Waals surface area contributed by atoms with E-state index in [4.69, 9.17) is 4.74 Å². The number of allylic oxidation sites excluding steroid dienone is 1. The lowest BCUT2D eigenvalue weighted by Gasteiger charge is -2.22. The van der Waals surface area contributed by atoms with E-state index in [1.54, 1.807) is 25.1 Å². The van der Waals surface area contributed by atoms with Crippen molar-refractivity contribution in [3.8, 4) is 0 Å². The molecule has 1 unspecified atom stereocenters. The molecular formula is C18H30N2O3. The molecule has 1 N–H and O–H groups in total. The van der Waals surface area contributed by atoms with Gasteiger partial charge in [0, 0.05) is 26.1 Å². The number of likely N-dealkylation sites (N-methyl/N-ethyl adjacent to an activating group) is 1. The van der Waals surface area contributed by atoms with E-state index in [9.17, 15) is 9.59 Å². The van der Waals surface area contributed by atoms with Crippen molar-refractivity contribution in [2.24, 2.45) is 0 Å². The van der Waals surface area contributed by atoms with E-state index in [1.807, 2.05) is 6.08 Å². The summed E-state index contributed by atoms with van der Waals surface area (Å²) >= 11 is 0. The maximum absolute atomic E-state index is 11.7. The molecule has 0 saturated heterocycles. The van der Waals surface area contributed by atoms with Crippen LogP contribution in [0.5, 0.6) is 0 Å². The van der Waals surface area contributed by atoms with Crippen LogP contribution >= 0.6 is 0 Å². The second kappa shape index (κ2) is 10.9. The molecule has 0 aliphatic carbocycles. The van der Waals surface area contributed by atoms with Crippen molar-refractivity contribution in [2.75, 3.05) is 20.7 Å². The summed E-state index contributed by atoms with van der Waals surface area (Å²) in [6.07, 6.45) is 11.0. The van der Waals surface area contributed by atoms with Crippen molar-refractivity contribution in [2.45, 2.75) is 57.4 Å². The summed E-state index contributed by atoms with van der Waals surface area (Å²) in [5.41, 5.74) is 0. The molecule has 0 spiro atoms. The number of amides is 2. The molecule has 1 atom stereocenters. The largest absolute Gasteiger partial charge is 0.499 e. The van der Waals surface area contributed by atoms with E-state index in [0.29, 0.717) is 13.0 Å². The molecule has 0 bridgehead atoms. The molecule has 1 aliphatic rings. The van der Waals surface area contributed by atoms with Gasteiger partial charge in [0.2, 0.25) is 11.8 Å². The fourth-order valence-corrected chi connectivity index (χ4v) is 2.72. The Bertz CT molecular complexity index is 432. The van der Waals surface area contributed by atoms with Crippen LogP contribution in [0.25, 0.3) is 0 Å². The number of nitrogens with zero attached hydrogens (tertiary/aromatic N) is 1. The van der Waals surface area contributed by atoms with Crippen molar-refractivity contribution < 1.29 is 14.3 Å². The highest BCUT2D eigenvalue weighted by Gasteiger charge is 2.30. The Morgan fingerprint density at radius 3 is 2.83 bits per heavy atom. The third-order valence-electron chi connectivity index (χ3n) is 4.18. The zero-order valence-corrected chi connectivity index (χ0v) is 14.5. The van der Waals surface area contributed by atoms with E-state index in [1.165, 1.54) is 0 Å². The smallest absolute Gasteiger partial charge is 0.250 e. The standard InChI is InChI=1S/C18H30N2O3/c1-4-5-6-7-8-12-17(21)19-13-10-9-11-15-16(23-3)14-18(22)20(15)2/h4,14-15H,1,5-13H2,2-3H3,(H,19,21). The number of hydrogen-bond acceptors (Lipinski definition) is 3. The van der Waals surface area contributed by atoms with Gasteiger partial charge in [-0.1, -0.05) is 12.5 Å². The fourth-order valence-electron chi connectivity index (χ4n) is 2.72. The number of nitrogens with one attached hydrogen (secondary N) is 1. The van der Waals surface area contributed by atoms with Gasteiger partial charge in [-0.3, -0.25) is 9.59 Å². The second-order valence-corrected chi connectivity index (χ2v) is 5.95. The van der Waals surface area contributed by atoms with Crippen LogP contribution in [-0.2, 0) is 14.3 Å². The molecule has 1 aliphatic heterocycles. The molecule has 1 rings (SSSR count). The van der Waals surface area contributed by atoms with Gasteiger partial charge in [-0.2, -0.15) is 0 Å². The van der Waals surface area contributed by atoms with Gasteiger partial charge in [-0.15, -0.1) is 6.58 Å². The van der Waals surface area contributed by atoms with Gasteiger partial charge >= 0.3 is 0 Å². The fraction of sp³-hybridized carbons (Fsp3) is 0.667. The Morgan fingerprint density at radius 2 is 2.13 bits per heavy atom. The van der Waals surface area contributed by atoms with Crippen molar-refractivity contribution in [1.82, 2.24) is 10.2 Å². The molecule has 130 valence electrons. The Labute approximate surface area is 139 Å². The van der Waals surface area contributed by atoms with Crippen molar-refractivity contribution >= 4 is 11.8 Å². The summed E-state index contributed by atoms with van der Waals surface area (Å²) in [6, 6.07) is 0.0352. The molecule has 0 aromatic carbocycles. The third kappa shape index (κ3) is 6.89. The molecule has 0 aromatic rings. The summed E-state index contributed by atoms with van der Waals surface area (Å²) in [4.78, 5) is 25.0. The van der Waals surface area contributed by atoms with Crippen LogP contribution in [0.1, 0.15) is 51.4 Å². The van der Waals surface area contributed by atoms with Crippen LogP contribution in [0.4, 0.5) is 0 Å². The molecule has 0 saturated carbocycles. The van der Waals surface area contributed by atoms with Crippen LogP contribution in [0.15, 0.2) is 24.5 Å². The summed E-state index contributed by atoms with van der Waals surface area (Å²) < 4.78 is 5.25. The molecule has 0 aromatic heterocycles. The van der Waals surface area contributed by atoms with Gasteiger partial charge in [-0.25, -0.2) is 0 Å². The number of methoxy groups -OCH3 is 1. The SMILES string of the molecule is C=CCCCCCC(=O)NCCCCC1C(OC)=CC(=O)N1C. The molecular weight excluding hydrogens is 292 g/mol. The highest BCUT2D eigenvalue weighted by Crippen LogP contribution is 2.22. The van der Waals surface area contributed by atoms with Crippen LogP contribution in [0.3, 0.4) is 0 Å². The Balaban J connectivity index is 2.07. The van der Waals surface area contributed by atoms with Crippen molar-refractivity contribution in [3.05, 3.63) is 24.5 Å². The monoisotopic (exact) mass is 322 g/mol. The highest BCUT2D eigenvalue weighted by atomic mass is 16.5. The molecule has 5 heteroatoms. The maximum Gasteiger partial charge on any atom is 0.250 e. The van der Waals surface area contributed by atoms with Gasteiger partial charge in [-0.05, 0) is 38.5 Å². The van der Waals surface area contributed by atoms with E-state index >= 15 is 0 Å². The first-order valence-electron chi connectivity index (χ1n) is 8.50. The maximum atomic E-state index is 11.7. The van der Waals surface area contributed by atoms with Gasteiger partial charge in [0.25, 0.3) is 0 Å². The minimum Gasteiger partial charge on any atom is -0.499 e. The molecule has 5 nitrogen and oxygen atoms in total. The molecule has 1 heterocycles. The number of rotatable bonds is 12. The molecule has 23 heavy (non-hydrogen) atoms. The summed E-state index contributed by atoms with van der Waals surface area (Å²) in [6.45, 7) is 4.38. The quantitative estimate of drug-likeness (QED) is 0.444. The van der Waals surface area contributed by atoms with Gasteiger partial charge < -0.3 is 15.0 Å². The zero-order valence-electron chi connectivity index (χ0n) is 14.5. The molecule has 0 radical (unpaired) electrons. The first kappa shape index (κ1) is 19.3. The van der Waals surface area contributed by atoms with Crippen LogP contribution in [0, 0.1) is 0 Å². The summed E-state index contributed by atoms with van der Waals surface area (Å²) in [7, 11) is 3.39. The molecule has 2 amide bonds. The van der Waals surface area contributed by atoms with Gasteiger partial charge in [0.05, 0.1) is 13.2 Å². The topological polar surface area (TPSA) is 58.6 Å². The molecule has 0 fully saturated rings. The predicted molar refractivity (Wildman–Crippen MR) is 91.8 cm³/mol. The van der Waals surface area contributed by atoms with E-state index < -0.39 is 0 Å². The zero-order chi connectivity index (χ0) is 17.1. The minimum absolute atomic E-state index is 0.00314. The van der Waals surface area contributed by atoms with Gasteiger partial charge in [0.1, 0.15) is 5.76 Å². The first-order valence-corrected chi connectivity index (χ1v) is 8.50. The lowest BCUT2D eigenvalue weighted by Crippen LogP contribution is -2.32. The highest BCUT2D eigenvalue weighted by molar-refractivity contribution is 5.91. The number of ether oxygens (including phenoxy) is 1. The number of carbonyl (C=O) groups excluding carboxylic acids is 2. The second-order valence-electron chi connectivity index (χ2n) is 5.95. The minimum atomic E-state index is -0.00314. The average molecular weight is 322 g/mol. The van der Waals surface area contributed by atoms with Crippen LogP contribution in [0.2, 0.25) is 0 Å². The lowest BCUT2D eigenvalue weighted by atomic mass is 10.1. The predicted octanol–water partition coefficient (Wildman–Crippen LogP) is 2.78. The normalized spacial score (nSPS) is 17.1. The van der Waals surface area contributed by atoms with Crippen LogP contribution < -0.4 is 5.32 Å². The summed E-state index contributed by atoms with van der Waals surface area (Å²) in [5, 5.41) is 2.96.